The first-order valence-corrected chi connectivity index (χ1v) is 12.3. The minimum atomic E-state index is -1.44. The van der Waals surface area contributed by atoms with Crippen molar-refractivity contribution in [1.29, 1.82) is 0 Å². The van der Waals surface area contributed by atoms with Crippen molar-refractivity contribution in [1.82, 2.24) is 29.9 Å². The van der Waals surface area contributed by atoms with Crippen LogP contribution in [0.5, 0.6) is 11.5 Å². The van der Waals surface area contributed by atoms with E-state index in [0.717, 1.165) is 16.8 Å². The number of rotatable bonds is 9. The number of ether oxygens (including phenoxy) is 3. The Hall–Kier alpha value is -4.80. The maximum Gasteiger partial charge on any atom is 0.336 e. The Balaban J connectivity index is 1.23. The number of aliphatic hydroxyl groups is 2. The van der Waals surface area contributed by atoms with Crippen molar-refractivity contribution in [3.63, 3.8) is 0 Å². The monoisotopic (exact) mass is 570 g/mol. The lowest BCUT2D eigenvalue weighted by atomic mass is 10.1. The van der Waals surface area contributed by atoms with Gasteiger partial charge < -0.3 is 34.2 Å². The van der Waals surface area contributed by atoms with Gasteiger partial charge in [0.2, 0.25) is 5.91 Å². The van der Waals surface area contributed by atoms with Gasteiger partial charge in [-0.15, -0.1) is 5.10 Å². The lowest BCUT2D eigenvalue weighted by Gasteiger charge is -2.16. The standard InChI is InChI=1S/C25H26N6O10/c1-38-14-7-15(39-2)21-12(6-20(34)40-16(21)8-14)5-19(33)26-9-13-10-30(29-28-13)11-17-22(35)23(36)24(41-17)31-4-3-18(32)27-25(31)37/h3-4,6-8,10,17,22-24,35-36H,5,9,11H2,1-2H3,(H,26,33)(H,27,32,37)/t17-,22-,23-,24-/m1/s1. The van der Waals surface area contributed by atoms with Crippen LogP contribution in [0.1, 0.15) is 17.5 Å². The van der Waals surface area contributed by atoms with Gasteiger partial charge >= 0.3 is 11.3 Å². The predicted molar refractivity (Wildman–Crippen MR) is 138 cm³/mol. The highest BCUT2D eigenvalue weighted by molar-refractivity contribution is 5.92. The molecule has 4 heterocycles. The molecule has 3 aromatic heterocycles. The summed E-state index contributed by atoms with van der Waals surface area (Å²) < 4.78 is 23.9. The second-order valence-corrected chi connectivity index (χ2v) is 9.24. The molecule has 41 heavy (non-hydrogen) atoms. The van der Waals surface area contributed by atoms with Crippen molar-refractivity contribution in [2.24, 2.45) is 0 Å². The second kappa shape index (κ2) is 11.4. The minimum Gasteiger partial charge on any atom is -0.496 e. The summed E-state index contributed by atoms with van der Waals surface area (Å²) in [5.74, 6) is 0.396. The summed E-state index contributed by atoms with van der Waals surface area (Å²) in [6.07, 6.45) is -2.45. The van der Waals surface area contributed by atoms with Gasteiger partial charge in [-0.25, -0.2) is 14.3 Å². The minimum absolute atomic E-state index is 0.00919. The zero-order valence-electron chi connectivity index (χ0n) is 21.8. The Morgan fingerprint density at radius 2 is 1.95 bits per heavy atom. The lowest BCUT2D eigenvalue weighted by molar-refractivity contribution is -0.120. The molecule has 0 unspecified atom stereocenters. The van der Waals surface area contributed by atoms with E-state index in [0.29, 0.717) is 28.1 Å². The highest BCUT2D eigenvalue weighted by atomic mass is 16.6. The molecule has 216 valence electrons. The molecule has 4 atom stereocenters. The Morgan fingerprint density at radius 1 is 1.15 bits per heavy atom. The van der Waals surface area contributed by atoms with E-state index < -0.39 is 47.3 Å². The van der Waals surface area contributed by atoms with Crippen LogP contribution in [0, 0.1) is 0 Å². The van der Waals surface area contributed by atoms with Crippen molar-refractivity contribution in [3.8, 4) is 11.5 Å². The molecule has 0 aliphatic carbocycles. The fraction of sp³-hybridized carbons (Fsp3) is 0.360. The SMILES string of the molecule is COc1cc(OC)c2c(CC(=O)NCc3cn(C[C@H]4O[C@@H](n5ccc(=O)[nH]c5=O)[C@H](O)[C@@H]4O)nn3)cc(=O)oc2c1. The number of carbonyl (C=O) groups excluding carboxylic acids is 1. The summed E-state index contributed by atoms with van der Waals surface area (Å²) in [7, 11) is 2.92. The Morgan fingerprint density at radius 3 is 2.68 bits per heavy atom. The molecule has 0 radical (unpaired) electrons. The molecule has 1 saturated heterocycles. The number of methoxy groups -OCH3 is 2. The number of amides is 1. The molecule has 4 aromatic rings. The van der Waals surface area contributed by atoms with Crippen LogP contribution in [-0.4, -0.2) is 73.2 Å². The first kappa shape index (κ1) is 27.8. The maximum absolute atomic E-state index is 12.8. The summed E-state index contributed by atoms with van der Waals surface area (Å²) in [5, 5.41) is 32.0. The van der Waals surface area contributed by atoms with Crippen molar-refractivity contribution in [3.05, 3.63) is 79.2 Å². The van der Waals surface area contributed by atoms with Gasteiger partial charge in [-0.1, -0.05) is 5.21 Å². The Bertz CT molecular complexity index is 1760. The summed E-state index contributed by atoms with van der Waals surface area (Å²) in [6, 6.07) is 5.47. The van der Waals surface area contributed by atoms with Crippen LogP contribution in [0.4, 0.5) is 0 Å². The van der Waals surface area contributed by atoms with Gasteiger partial charge in [0, 0.05) is 30.5 Å². The number of aromatic nitrogens is 5. The Labute approximate surface area is 229 Å². The number of H-pyrrole nitrogens is 1. The molecular weight excluding hydrogens is 544 g/mol. The topological polar surface area (TPSA) is 213 Å². The maximum atomic E-state index is 12.8. The molecule has 1 fully saturated rings. The van der Waals surface area contributed by atoms with E-state index in [-0.39, 0.29) is 25.1 Å². The van der Waals surface area contributed by atoms with E-state index >= 15 is 0 Å². The molecule has 1 amide bonds. The average molecular weight is 571 g/mol. The summed E-state index contributed by atoms with van der Waals surface area (Å²) >= 11 is 0. The summed E-state index contributed by atoms with van der Waals surface area (Å²) in [6.45, 7) is -0.0158. The quantitative estimate of drug-likeness (QED) is 0.168. The van der Waals surface area contributed by atoms with Crippen LogP contribution in [0.3, 0.4) is 0 Å². The molecule has 1 aliphatic heterocycles. The molecule has 1 aliphatic rings. The number of hydrogen-bond donors (Lipinski definition) is 4. The van der Waals surface area contributed by atoms with Crippen LogP contribution < -0.4 is 31.7 Å². The van der Waals surface area contributed by atoms with Crippen LogP contribution in [0.25, 0.3) is 11.0 Å². The fourth-order valence-corrected chi connectivity index (χ4v) is 4.59. The van der Waals surface area contributed by atoms with E-state index in [1.807, 2.05) is 0 Å². The normalized spacial score (nSPS) is 20.3. The van der Waals surface area contributed by atoms with Gasteiger partial charge in [-0.05, 0) is 5.56 Å². The van der Waals surface area contributed by atoms with Gasteiger partial charge in [0.1, 0.15) is 41.1 Å². The molecule has 0 saturated carbocycles. The van der Waals surface area contributed by atoms with Crippen LogP contribution in [-0.2, 0) is 29.0 Å². The van der Waals surface area contributed by atoms with Crippen molar-refractivity contribution in [2.75, 3.05) is 14.2 Å². The molecular formula is C25H26N6O10. The lowest BCUT2D eigenvalue weighted by Crippen LogP contribution is -2.37. The average Bonchev–Trinajstić information content (AvgIpc) is 3.50. The number of nitrogens with one attached hydrogen (secondary N) is 2. The van der Waals surface area contributed by atoms with Crippen LogP contribution in [0.2, 0.25) is 0 Å². The molecule has 0 spiro atoms. The number of aliphatic hydroxyl groups excluding tert-OH is 2. The van der Waals surface area contributed by atoms with Crippen molar-refractivity contribution in [2.45, 2.75) is 44.1 Å². The second-order valence-electron chi connectivity index (χ2n) is 9.24. The van der Waals surface area contributed by atoms with Gasteiger partial charge in [-0.3, -0.25) is 19.1 Å². The third-order valence-electron chi connectivity index (χ3n) is 6.55. The zero-order chi connectivity index (χ0) is 29.3. The highest BCUT2D eigenvalue weighted by Gasteiger charge is 2.44. The van der Waals surface area contributed by atoms with Crippen LogP contribution in [0.15, 0.2) is 55.5 Å². The molecule has 1 aromatic carbocycles. The largest absolute Gasteiger partial charge is 0.496 e. The van der Waals surface area contributed by atoms with E-state index in [9.17, 15) is 29.4 Å². The number of fused-ring (bicyclic) bond motifs is 1. The van der Waals surface area contributed by atoms with E-state index in [2.05, 4.69) is 20.6 Å². The number of benzene rings is 1. The third-order valence-corrected chi connectivity index (χ3v) is 6.55. The number of carbonyl (C=O) groups is 1. The first-order chi connectivity index (χ1) is 19.7. The van der Waals surface area contributed by atoms with E-state index in [4.69, 9.17) is 18.6 Å². The number of nitrogens with zero attached hydrogens (tertiary/aromatic N) is 4. The molecule has 5 rings (SSSR count). The first-order valence-electron chi connectivity index (χ1n) is 12.3. The van der Waals surface area contributed by atoms with E-state index in [1.54, 1.807) is 6.07 Å². The highest BCUT2D eigenvalue weighted by Crippen LogP contribution is 2.33. The van der Waals surface area contributed by atoms with Gasteiger partial charge in [0.15, 0.2) is 6.23 Å². The van der Waals surface area contributed by atoms with Gasteiger partial charge in [-0.2, -0.15) is 0 Å². The number of hydrogen-bond acceptors (Lipinski definition) is 12. The molecule has 0 bridgehead atoms. The van der Waals surface area contributed by atoms with Gasteiger partial charge in [0.05, 0.1) is 45.3 Å². The molecule has 4 N–H and O–H groups in total. The predicted octanol–water partition coefficient (Wildman–Crippen LogP) is -1.57. The summed E-state index contributed by atoms with van der Waals surface area (Å²) in [4.78, 5) is 50.3. The van der Waals surface area contributed by atoms with Crippen LogP contribution >= 0.6 is 0 Å². The Kier molecular flexibility index (Phi) is 7.69. The number of aromatic amines is 1. The molecule has 16 nitrogen and oxygen atoms in total. The van der Waals surface area contributed by atoms with Gasteiger partial charge in [0.25, 0.3) is 5.56 Å². The smallest absolute Gasteiger partial charge is 0.336 e. The zero-order valence-corrected chi connectivity index (χ0v) is 21.8. The molecule has 16 heteroatoms. The summed E-state index contributed by atoms with van der Waals surface area (Å²) in [5.41, 5.74) is -1.03. The fourth-order valence-electron chi connectivity index (χ4n) is 4.59. The van der Waals surface area contributed by atoms with Crippen molar-refractivity contribution >= 4 is 16.9 Å². The third kappa shape index (κ3) is 5.74. The van der Waals surface area contributed by atoms with E-state index in [1.165, 1.54) is 37.2 Å². The van der Waals surface area contributed by atoms with Crippen molar-refractivity contribution < 1.29 is 33.6 Å².